The van der Waals surface area contributed by atoms with Gasteiger partial charge in [0.2, 0.25) is 0 Å². The van der Waals surface area contributed by atoms with Crippen molar-refractivity contribution in [3.63, 3.8) is 0 Å². The molecule has 1 N–H and O–H groups in total. The smallest absolute Gasteiger partial charge is 0.358 e. The summed E-state index contributed by atoms with van der Waals surface area (Å²) in [5.41, 5.74) is 0.230. The maximum atomic E-state index is 11.2. The van der Waals surface area contributed by atoms with Crippen LogP contribution in [0.15, 0.2) is 12.4 Å². The monoisotopic (exact) mass is 235 g/mol. The van der Waals surface area contributed by atoms with Crippen LogP contribution in [0, 0.1) is 5.92 Å². The number of ether oxygens (including phenoxy) is 1. The predicted molar refractivity (Wildman–Crippen MR) is 63.8 cm³/mol. The van der Waals surface area contributed by atoms with Crippen LogP contribution >= 0.6 is 0 Å². The number of hydrogen-bond acceptors (Lipinski definition) is 5. The number of esters is 1. The molecular weight excluding hydrogens is 218 g/mol. The van der Waals surface area contributed by atoms with Crippen LogP contribution in [-0.4, -0.2) is 29.1 Å². The van der Waals surface area contributed by atoms with E-state index in [1.54, 1.807) is 6.20 Å². The van der Waals surface area contributed by atoms with Gasteiger partial charge in [-0.15, -0.1) is 0 Å². The molecule has 1 aliphatic rings. The van der Waals surface area contributed by atoms with Crippen molar-refractivity contribution < 1.29 is 9.53 Å². The summed E-state index contributed by atoms with van der Waals surface area (Å²) in [5, 5.41) is 3.27. The van der Waals surface area contributed by atoms with Crippen LogP contribution in [0.1, 0.15) is 36.7 Å². The van der Waals surface area contributed by atoms with Crippen molar-refractivity contribution in [3.05, 3.63) is 18.1 Å². The Kier molecular flexibility index (Phi) is 3.56. The summed E-state index contributed by atoms with van der Waals surface area (Å²) < 4.78 is 4.56. The van der Waals surface area contributed by atoms with Crippen LogP contribution in [0.4, 0.5) is 5.82 Å². The van der Waals surface area contributed by atoms with Crippen molar-refractivity contribution >= 4 is 11.8 Å². The molecule has 5 nitrogen and oxygen atoms in total. The first-order valence-electron chi connectivity index (χ1n) is 5.86. The molecule has 2 rings (SSSR count). The average Bonchev–Trinajstić information content (AvgIpc) is 3.12. The zero-order valence-corrected chi connectivity index (χ0v) is 10.1. The predicted octanol–water partition coefficient (Wildman–Crippen LogP) is 1.86. The topological polar surface area (TPSA) is 64.1 Å². The minimum absolute atomic E-state index is 0.230. The first-order chi connectivity index (χ1) is 8.19. The molecule has 0 amide bonds. The lowest BCUT2D eigenvalue weighted by atomic mass is 10.1. The number of aromatic nitrogens is 2. The second-order valence-corrected chi connectivity index (χ2v) is 4.50. The summed E-state index contributed by atoms with van der Waals surface area (Å²) >= 11 is 0. The van der Waals surface area contributed by atoms with E-state index in [2.05, 4.69) is 26.9 Å². The highest BCUT2D eigenvalue weighted by molar-refractivity contribution is 5.86. The molecule has 5 heteroatoms. The lowest BCUT2D eigenvalue weighted by Gasteiger charge is -2.13. The van der Waals surface area contributed by atoms with E-state index in [0.717, 1.165) is 5.92 Å². The highest BCUT2D eigenvalue weighted by atomic mass is 16.5. The fourth-order valence-electron chi connectivity index (χ4n) is 1.78. The van der Waals surface area contributed by atoms with Gasteiger partial charge in [0.05, 0.1) is 19.5 Å². The van der Waals surface area contributed by atoms with Gasteiger partial charge in [0.1, 0.15) is 5.82 Å². The van der Waals surface area contributed by atoms with Crippen molar-refractivity contribution in [2.45, 2.75) is 32.2 Å². The third kappa shape index (κ3) is 3.41. The van der Waals surface area contributed by atoms with Gasteiger partial charge in [0.25, 0.3) is 0 Å². The van der Waals surface area contributed by atoms with Crippen LogP contribution in [0.3, 0.4) is 0 Å². The second-order valence-electron chi connectivity index (χ2n) is 4.50. The van der Waals surface area contributed by atoms with Crippen molar-refractivity contribution in [1.82, 2.24) is 9.97 Å². The number of anilines is 1. The minimum atomic E-state index is -0.463. The summed E-state index contributed by atoms with van der Waals surface area (Å²) in [6, 6.07) is 0.390. The van der Waals surface area contributed by atoms with Gasteiger partial charge in [-0.3, -0.25) is 0 Å². The Balaban J connectivity index is 1.90. The van der Waals surface area contributed by atoms with Crippen molar-refractivity contribution in [1.29, 1.82) is 0 Å². The summed E-state index contributed by atoms with van der Waals surface area (Å²) in [4.78, 5) is 19.3. The molecule has 1 unspecified atom stereocenters. The van der Waals surface area contributed by atoms with E-state index in [9.17, 15) is 4.79 Å². The Morgan fingerprint density at radius 3 is 2.82 bits per heavy atom. The van der Waals surface area contributed by atoms with Gasteiger partial charge in [0, 0.05) is 6.04 Å². The van der Waals surface area contributed by atoms with Gasteiger partial charge >= 0.3 is 5.97 Å². The quantitative estimate of drug-likeness (QED) is 0.789. The molecule has 0 bridgehead atoms. The number of carbonyl (C=O) groups is 1. The molecule has 92 valence electrons. The second kappa shape index (κ2) is 5.12. The standard InChI is InChI=1S/C12H17N3O2/c1-8(5-9-3-4-9)15-11-7-13-10(6-14-11)12(16)17-2/h6-9H,3-5H2,1-2H3,(H,14,15). The molecule has 1 fully saturated rings. The van der Waals surface area contributed by atoms with Gasteiger partial charge in [-0.2, -0.15) is 0 Å². The van der Waals surface area contributed by atoms with Gasteiger partial charge in [0.15, 0.2) is 5.69 Å². The maximum Gasteiger partial charge on any atom is 0.358 e. The van der Waals surface area contributed by atoms with Crippen LogP contribution < -0.4 is 5.32 Å². The molecule has 1 aromatic rings. The van der Waals surface area contributed by atoms with E-state index in [0.29, 0.717) is 11.9 Å². The molecule has 1 aliphatic carbocycles. The van der Waals surface area contributed by atoms with E-state index in [1.165, 1.54) is 32.6 Å². The van der Waals surface area contributed by atoms with E-state index < -0.39 is 5.97 Å². The number of nitrogens with one attached hydrogen (secondary N) is 1. The molecule has 17 heavy (non-hydrogen) atoms. The number of hydrogen-bond donors (Lipinski definition) is 1. The van der Waals surface area contributed by atoms with Gasteiger partial charge in [-0.05, 0) is 19.3 Å². The molecule has 1 aromatic heterocycles. The highest BCUT2D eigenvalue weighted by Crippen LogP contribution is 2.33. The lowest BCUT2D eigenvalue weighted by molar-refractivity contribution is 0.0593. The number of methoxy groups -OCH3 is 1. The molecule has 0 aliphatic heterocycles. The molecule has 1 atom stereocenters. The molecule has 1 saturated carbocycles. The average molecular weight is 235 g/mol. The van der Waals surface area contributed by atoms with Crippen LogP contribution in [0.2, 0.25) is 0 Å². The molecular formula is C12H17N3O2. The minimum Gasteiger partial charge on any atom is -0.464 e. The molecule has 1 heterocycles. The summed E-state index contributed by atoms with van der Waals surface area (Å²) in [5.74, 6) is 1.11. The lowest BCUT2D eigenvalue weighted by Crippen LogP contribution is -2.17. The van der Waals surface area contributed by atoms with E-state index in [1.807, 2.05) is 0 Å². The Labute approximate surface area is 101 Å². The van der Waals surface area contributed by atoms with Crippen LogP contribution in [0.5, 0.6) is 0 Å². The first-order valence-corrected chi connectivity index (χ1v) is 5.86. The first kappa shape index (κ1) is 11.8. The van der Waals surface area contributed by atoms with E-state index in [-0.39, 0.29) is 5.69 Å². The Hall–Kier alpha value is -1.65. The largest absolute Gasteiger partial charge is 0.464 e. The maximum absolute atomic E-state index is 11.2. The summed E-state index contributed by atoms with van der Waals surface area (Å²) in [6.07, 6.45) is 6.85. The van der Waals surface area contributed by atoms with Crippen molar-refractivity contribution in [2.75, 3.05) is 12.4 Å². The van der Waals surface area contributed by atoms with Crippen LogP contribution in [-0.2, 0) is 4.74 Å². The third-order valence-corrected chi connectivity index (χ3v) is 2.82. The Morgan fingerprint density at radius 1 is 1.53 bits per heavy atom. The fourth-order valence-corrected chi connectivity index (χ4v) is 1.78. The zero-order valence-electron chi connectivity index (χ0n) is 10.1. The SMILES string of the molecule is COC(=O)c1cnc(NC(C)CC2CC2)cn1. The van der Waals surface area contributed by atoms with Crippen LogP contribution in [0.25, 0.3) is 0 Å². The number of carbonyl (C=O) groups excluding carboxylic acids is 1. The van der Waals surface area contributed by atoms with Crippen molar-refractivity contribution in [3.8, 4) is 0 Å². The number of nitrogens with zero attached hydrogens (tertiary/aromatic N) is 2. The summed E-state index contributed by atoms with van der Waals surface area (Å²) in [6.45, 7) is 2.13. The highest BCUT2D eigenvalue weighted by Gasteiger charge is 2.23. The summed E-state index contributed by atoms with van der Waals surface area (Å²) in [7, 11) is 1.33. The van der Waals surface area contributed by atoms with Crippen molar-refractivity contribution in [2.24, 2.45) is 5.92 Å². The van der Waals surface area contributed by atoms with E-state index in [4.69, 9.17) is 0 Å². The molecule has 0 saturated heterocycles. The fraction of sp³-hybridized carbons (Fsp3) is 0.583. The normalized spacial score (nSPS) is 16.4. The Morgan fingerprint density at radius 2 is 2.29 bits per heavy atom. The third-order valence-electron chi connectivity index (χ3n) is 2.82. The van der Waals surface area contributed by atoms with Gasteiger partial charge < -0.3 is 10.1 Å². The molecule has 0 aromatic carbocycles. The Bertz CT molecular complexity index is 387. The van der Waals surface area contributed by atoms with E-state index >= 15 is 0 Å². The number of rotatable bonds is 5. The molecule has 0 radical (unpaired) electrons. The van der Waals surface area contributed by atoms with Gasteiger partial charge in [-0.25, -0.2) is 14.8 Å². The molecule has 0 spiro atoms. The zero-order chi connectivity index (χ0) is 12.3. The van der Waals surface area contributed by atoms with Gasteiger partial charge in [-0.1, -0.05) is 12.8 Å².